The molecule has 0 aliphatic rings. The number of aliphatic hydroxyl groups excluding tert-OH is 2. The second kappa shape index (κ2) is 48.0. The Kier molecular flexibility index (Phi) is 46.6. The Morgan fingerprint density at radius 3 is 1.38 bits per heavy atom. The van der Waals surface area contributed by atoms with Crippen LogP contribution >= 0.6 is 0 Å². The molecule has 0 rings (SSSR count). The monoisotopic (exact) mass is 818 g/mol. The molecule has 0 aromatic heterocycles. The SMILES string of the molecule is CCC/C=C\C/C=C\CCCCCCCC(=O)OCCCCCCCCCCCCCCCCCCC(=O)NC(CO)C(O)CCCCCCCCCCCCCC. The number of hydrogen-bond acceptors (Lipinski definition) is 5. The molecule has 2 unspecified atom stereocenters. The molecule has 6 nitrogen and oxygen atoms in total. The van der Waals surface area contributed by atoms with Crippen LogP contribution in [0.15, 0.2) is 24.3 Å². The quantitative estimate of drug-likeness (QED) is 0.0323. The predicted octanol–water partition coefficient (Wildman–Crippen LogP) is 15.1. The van der Waals surface area contributed by atoms with E-state index in [-0.39, 0.29) is 18.5 Å². The number of rotatable bonds is 47. The molecule has 0 aliphatic carbocycles. The molecule has 0 saturated heterocycles. The Bertz CT molecular complexity index is 904. The van der Waals surface area contributed by atoms with Gasteiger partial charge in [0.15, 0.2) is 0 Å². The number of amides is 1. The summed E-state index contributed by atoms with van der Waals surface area (Å²) in [4.78, 5) is 24.4. The summed E-state index contributed by atoms with van der Waals surface area (Å²) in [5.41, 5.74) is 0. The van der Waals surface area contributed by atoms with Crippen LogP contribution in [0.2, 0.25) is 0 Å². The summed E-state index contributed by atoms with van der Waals surface area (Å²) in [7, 11) is 0. The highest BCUT2D eigenvalue weighted by Crippen LogP contribution is 2.16. The van der Waals surface area contributed by atoms with Crippen molar-refractivity contribution in [1.82, 2.24) is 5.32 Å². The van der Waals surface area contributed by atoms with Crippen LogP contribution in [0.25, 0.3) is 0 Å². The van der Waals surface area contributed by atoms with Crippen molar-refractivity contribution >= 4 is 11.9 Å². The van der Waals surface area contributed by atoms with E-state index in [2.05, 4.69) is 43.5 Å². The molecule has 0 spiro atoms. The van der Waals surface area contributed by atoms with Crippen molar-refractivity contribution in [2.45, 2.75) is 283 Å². The summed E-state index contributed by atoms with van der Waals surface area (Å²) in [5, 5.41) is 23.2. The Morgan fingerprint density at radius 1 is 0.483 bits per heavy atom. The molecule has 2 atom stereocenters. The molecule has 0 aromatic rings. The van der Waals surface area contributed by atoms with Crippen LogP contribution in [-0.4, -0.2) is 47.4 Å². The van der Waals surface area contributed by atoms with Gasteiger partial charge in [-0.1, -0.05) is 231 Å². The van der Waals surface area contributed by atoms with Gasteiger partial charge in [-0.15, -0.1) is 0 Å². The number of esters is 1. The van der Waals surface area contributed by atoms with Crippen molar-refractivity contribution in [1.29, 1.82) is 0 Å². The highest BCUT2D eigenvalue weighted by atomic mass is 16.5. The lowest BCUT2D eigenvalue weighted by Gasteiger charge is -2.22. The third-order valence-corrected chi connectivity index (χ3v) is 11.7. The zero-order chi connectivity index (χ0) is 42.3. The number of carbonyl (C=O) groups excluding carboxylic acids is 2. The van der Waals surface area contributed by atoms with E-state index in [1.54, 1.807) is 0 Å². The van der Waals surface area contributed by atoms with E-state index < -0.39 is 12.1 Å². The summed E-state index contributed by atoms with van der Waals surface area (Å²) in [6.45, 7) is 4.86. The first-order chi connectivity index (χ1) is 28.5. The Labute approximate surface area is 361 Å². The molecule has 0 heterocycles. The third kappa shape index (κ3) is 43.9. The smallest absolute Gasteiger partial charge is 0.305 e. The molecule has 0 fully saturated rings. The van der Waals surface area contributed by atoms with E-state index in [0.717, 1.165) is 57.8 Å². The lowest BCUT2D eigenvalue weighted by molar-refractivity contribution is -0.143. The van der Waals surface area contributed by atoms with Gasteiger partial charge < -0.3 is 20.3 Å². The minimum absolute atomic E-state index is 0.0125. The molecule has 3 N–H and O–H groups in total. The fourth-order valence-corrected chi connectivity index (χ4v) is 7.79. The van der Waals surface area contributed by atoms with Crippen LogP contribution in [0.3, 0.4) is 0 Å². The van der Waals surface area contributed by atoms with Crippen LogP contribution in [0.1, 0.15) is 271 Å². The van der Waals surface area contributed by atoms with Gasteiger partial charge in [-0.2, -0.15) is 0 Å². The molecule has 342 valence electrons. The molecule has 6 heteroatoms. The topological polar surface area (TPSA) is 95.9 Å². The molecule has 0 aromatic carbocycles. The van der Waals surface area contributed by atoms with Crippen molar-refractivity contribution < 1.29 is 24.5 Å². The number of unbranched alkanes of at least 4 members (excludes halogenated alkanes) is 32. The first-order valence-corrected chi connectivity index (χ1v) is 25.6. The molecular formula is C52H99NO5. The van der Waals surface area contributed by atoms with Gasteiger partial charge in [0.1, 0.15) is 0 Å². The average molecular weight is 818 g/mol. The van der Waals surface area contributed by atoms with Gasteiger partial charge in [-0.3, -0.25) is 9.59 Å². The van der Waals surface area contributed by atoms with Gasteiger partial charge >= 0.3 is 5.97 Å². The van der Waals surface area contributed by atoms with Crippen molar-refractivity contribution in [2.75, 3.05) is 13.2 Å². The van der Waals surface area contributed by atoms with E-state index >= 15 is 0 Å². The number of nitrogens with one attached hydrogen (secondary N) is 1. The highest BCUT2D eigenvalue weighted by molar-refractivity contribution is 5.76. The third-order valence-electron chi connectivity index (χ3n) is 11.7. The lowest BCUT2D eigenvalue weighted by Crippen LogP contribution is -2.45. The van der Waals surface area contributed by atoms with Crippen molar-refractivity contribution in [2.24, 2.45) is 0 Å². The summed E-state index contributed by atoms with van der Waals surface area (Å²) in [6, 6.07) is -0.545. The standard InChI is InChI=1S/C52H99NO5/c1-3-5-7-9-11-13-15-21-26-30-34-38-42-46-52(57)58-47-43-39-35-31-27-23-20-18-17-19-22-25-29-33-37-41-45-51(56)53-49(48-54)50(55)44-40-36-32-28-24-16-14-12-10-8-6-4-2/h7,9,13,15,49-50,54-55H,3-6,8,10-12,14,16-48H2,1-2H3,(H,53,56)/b9-7-,15-13-. The first-order valence-electron chi connectivity index (χ1n) is 25.6. The zero-order valence-electron chi connectivity index (χ0n) is 38.8. The van der Waals surface area contributed by atoms with Gasteiger partial charge in [0.25, 0.3) is 0 Å². The lowest BCUT2D eigenvalue weighted by atomic mass is 10.0. The summed E-state index contributed by atoms with van der Waals surface area (Å²) >= 11 is 0. The van der Waals surface area contributed by atoms with Crippen LogP contribution < -0.4 is 5.32 Å². The van der Waals surface area contributed by atoms with Gasteiger partial charge in [0.05, 0.1) is 25.4 Å². The maximum atomic E-state index is 12.4. The van der Waals surface area contributed by atoms with E-state index in [9.17, 15) is 19.8 Å². The largest absolute Gasteiger partial charge is 0.466 e. The van der Waals surface area contributed by atoms with E-state index in [4.69, 9.17) is 4.74 Å². The molecule has 1 amide bonds. The summed E-state index contributed by atoms with van der Waals surface area (Å²) < 4.78 is 5.45. The minimum atomic E-state index is -0.667. The fourth-order valence-electron chi connectivity index (χ4n) is 7.79. The Balaban J connectivity index is 3.43. The van der Waals surface area contributed by atoms with Crippen molar-refractivity contribution in [3.05, 3.63) is 24.3 Å². The molecule has 58 heavy (non-hydrogen) atoms. The average Bonchev–Trinajstić information content (AvgIpc) is 3.22. The summed E-state index contributed by atoms with van der Waals surface area (Å²) in [6.07, 6.45) is 55.7. The fraction of sp³-hybridized carbons (Fsp3) is 0.885. The number of carbonyl (C=O) groups is 2. The van der Waals surface area contributed by atoms with Gasteiger partial charge in [0, 0.05) is 12.8 Å². The van der Waals surface area contributed by atoms with Crippen LogP contribution in [0, 0.1) is 0 Å². The zero-order valence-corrected chi connectivity index (χ0v) is 38.8. The van der Waals surface area contributed by atoms with Crippen molar-refractivity contribution in [3.8, 4) is 0 Å². The Hall–Kier alpha value is -1.66. The number of hydrogen-bond donors (Lipinski definition) is 3. The number of allylic oxidation sites excluding steroid dienone is 4. The summed E-state index contributed by atoms with van der Waals surface area (Å²) in [5.74, 6) is -0.0555. The van der Waals surface area contributed by atoms with Gasteiger partial charge in [-0.05, 0) is 51.4 Å². The van der Waals surface area contributed by atoms with Gasteiger partial charge in [0.2, 0.25) is 5.91 Å². The molecule has 0 aliphatic heterocycles. The van der Waals surface area contributed by atoms with Gasteiger partial charge in [-0.25, -0.2) is 0 Å². The number of aliphatic hydroxyl groups is 2. The minimum Gasteiger partial charge on any atom is -0.466 e. The second-order valence-electron chi connectivity index (χ2n) is 17.5. The van der Waals surface area contributed by atoms with Crippen LogP contribution in [0.4, 0.5) is 0 Å². The maximum absolute atomic E-state index is 12.4. The first kappa shape index (κ1) is 56.3. The molecule has 0 saturated carbocycles. The second-order valence-corrected chi connectivity index (χ2v) is 17.5. The molecular weight excluding hydrogens is 719 g/mol. The maximum Gasteiger partial charge on any atom is 0.305 e. The normalized spacial score (nSPS) is 12.8. The molecule has 0 bridgehead atoms. The highest BCUT2D eigenvalue weighted by Gasteiger charge is 2.20. The van der Waals surface area contributed by atoms with Crippen LogP contribution in [0.5, 0.6) is 0 Å². The number of ether oxygens (including phenoxy) is 1. The van der Waals surface area contributed by atoms with Crippen LogP contribution in [-0.2, 0) is 14.3 Å². The van der Waals surface area contributed by atoms with Crippen molar-refractivity contribution in [3.63, 3.8) is 0 Å². The molecule has 0 radical (unpaired) electrons. The predicted molar refractivity (Wildman–Crippen MR) is 250 cm³/mol. The van der Waals surface area contributed by atoms with E-state index in [1.807, 2.05) is 0 Å². The van der Waals surface area contributed by atoms with E-state index in [1.165, 1.54) is 180 Å². The Morgan fingerprint density at radius 2 is 0.897 bits per heavy atom. The van der Waals surface area contributed by atoms with E-state index in [0.29, 0.717) is 25.9 Å².